The lowest BCUT2D eigenvalue weighted by Gasteiger charge is -2.31. The molecule has 0 bridgehead atoms. The summed E-state index contributed by atoms with van der Waals surface area (Å²) in [5.41, 5.74) is 1.59. The molecule has 0 atom stereocenters. The van der Waals surface area contributed by atoms with Crippen LogP contribution in [-0.2, 0) is 6.54 Å². The highest BCUT2D eigenvalue weighted by Gasteiger charge is 2.21. The molecule has 160 valence electrons. The van der Waals surface area contributed by atoms with Gasteiger partial charge in [-0.15, -0.1) is 22.6 Å². The Kier molecular flexibility index (Phi) is 5.98. The van der Waals surface area contributed by atoms with Gasteiger partial charge in [-0.25, -0.2) is 4.85 Å². The molecule has 3 heterocycles. The summed E-state index contributed by atoms with van der Waals surface area (Å²) in [6.07, 6.45) is 1.18. The third kappa shape index (κ3) is 4.15. The maximum Gasteiger partial charge on any atom is 0.231 e. The fourth-order valence-corrected chi connectivity index (χ4v) is 3.88. The molecule has 2 aliphatic heterocycles. The normalized spacial score (nSPS) is 15.4. The van der Waals surface area contributed by atoms with Crippen LogP contribution in [0.2, 0.25) is 0 Å². The number of hydrogen-bond donors (Lipinski definition) is 2. The zero-order valence-electron chi connectivity index (χ0n) is 16.7. The predicted molar refractivity (Wildman–Crippen MR) is 120 cm³/mol. The summed E-state index contributed by atoms with van der Waals surface area (Å²) in [6, 6.07) is 11.4. The second-order valence-electron chi connectivity index (χ2n) is 7.47. The molecule has 2 aromatic carbocycles. The minimum absolute atomic E-state index is 0. The molecule has 0 radical (unpaired) electrons. The molecular formula is C22H22ClN5O3. The molecule has 2 aliphatic rings. The number of fused-ring (bicyclic) bond motifs is 2. The Balaban J connectivity index is 0.00000231. The van der Waals surface area contributed by atoms with Crippen molar-refractivity contribution in [2.75, 3.05) is 30.1 Å². The number of benzene rings is 2. The van der Waals surface area contributed by atoms with E-state index in [0.29, 0.717) is 30.9 Å². The molecule has 0 spiro atoms. The first-order valence-corrected chi connectivity index (χ1v) is 9.94. The Hall–Kier alpha value is -3.28. The largest absolute Gasteiger partial charge is 0.454 e. The van der Waals surface area contributed by atoms with Crippen molar-refractivity contribution < 1.29 is 14.6 Å². The van der Waals surface area contributed by atoms with E-state index in [1.165, 1.54) is 0 Å². The lowest BCUT2D eigenvalue weighted by molar-refractivity contribution is 0.145. The fraction of sp³-hybridized carbons (Fsp3) is 0.318. The Morgan fingerprint density at radius 3 is 2.68 bits per heavy atom. The van der Waals surface area contributed by atoms with Crippen LogP contribution in [0.25, 0.3) is 15.6 Å². The summed E-state index contributed by atoms with van der Waals surface area (Å²) in [4.78, 5) is 5.72. The number of hydrogen-bond acceptors (Lipinski definition) is 7. The molecule has 1 aromatic heterocycles. The van der Waals surface area contributed by atoms with E-state index in [1.807, 2.05) is 30.3 Å². The molecule has 3 aromatic rings. The zero-order valence-corrected chi connectivity index (χ0v) is 17.6. The van der Waals surface area contributed by atoms with E-state index < -0.39 is 0 Å². The quantitative estimate of drug-likeness (QED) is 0.596. The van der Waals surface area contributed by atoms with Gasteiger partial charge in [0.25, 0.3) is 0 Å². The van der Waals surface area contributed by atoms with Gasteiger partial charge in [-0.05, 0) is 36.6 Å². The van der Waals surface area contributed by atoms with Crippen LogP contribution in [0.5, 0.6) is 11.5 Å². The van der Waals surface area contributed by atoms with Crippen molar-refractivity contribution in [3.05, 3.63) is 53.4 Å². The van der Waals surface area contributed by atoms with Crippen molar-refractivity contribution in [3.8, 4) is 11.5 Å². The highest BCUT2D eigenvalue weighted by atomic mass is 35.5. The average Bonchev–Trinajstić information content (AvgIpc) is 3.25. The van der Waals surface area contributed by atoms with Crippen LogP contribution in [0.3, 0.4) is 0 Å². The summed E-state index contributed by atoms with van der Waals surface area (Å²) < 4.78 is 10.8. The maximum absolute atomic E-state index is 9.81. The van der Waals surface area contributed by atoms with E-state index in [1.54, 1.807) is 6.07 Å². The van der Waals surface area contributed by atoms with Crippen molar-refractivity contribution in [2.45, 2.75) is 25.5 Å². The van der Waals surface area contributed by atoms with Crippen LogP contribution in [0.15, 0.2) is 36.4 Å². The topological polar surface area (TPSA) is 84.1 Å². The van der Waals surface area contributed by atoms with E-state index in [9.17, 15) is 5.11 Å². The van der Waals surface area contributed by atoms with Gasteiger partial charge in [-0.1, -0.05) is 18.2 Å². The van der Waals surface area contributed by atoms with Gasteiger partial charge in [0, 0.05) is 30.4 Å². The Morgan fingerprint density at radius 1 is 1.06 bits per heavy atom. The van der Waals surface area contributed by atoms with Gasteiger partial charge in [0.2, 0.25) is 6.79 Å². The molecule has 1 fully saturated rings. The van der Waals surface area contributed by atoms with E-state index >= 15 is 0 Å². The van der Waals surface area contributed by atoms with Crippen LogP contribution in [0, 0.1) is 6.57 Å². The number of piperidine rings is 1. The van der Waals surface area contributed by atoms with Crippen LogP contribution in [0.4, 0.5) is 17.3 Å². The third-order valence-electron chi connectivity index (χ3n) is 5.53. The van der Waals surface area contributed by atoms with E-state index in [4.69, 9.17) is 16.0 Å². The molecule has 5 rings (SSSR count). The highest BCUT2D eigenvalue weighted by Crippen LogP contribution is 2.35. The maximum atomic E-state index is 9.81. The predicted octanol–water partition coefficient (Wildman–Crippen LogP) is 3.90. The minimum Gasteiger partial charge on any atom is -0.454 e. The molecule has 0 unspecified atom stereocenters. The van der Waals surface area contributed by atoms with Crippen LogP contribution in [-0.4, -0.2) is 41.3 Å². The van der Waals surface area contributed by atoms with Gasteiger partial charge in [-0.3, -0.25) is 0 Å². The summed E-state index contributed by atoms with van der Waals surface area (Å²) in [5.74, 6) is 2.92. The van der Waals surface area contributed by atoms with Crippen molar-refractivity contribution >= 4 is 40.5 Å². The Bertz CT molecular complexity index is 1140. The fourth-order valence-electron chi connectivity index (χ4n) is 3.88. The van der Waals surface area contributed by atoms with Gasteiger partial charge in [0.1, 0.15) is 0 Å². The smallest absolute Gasteiger partial charge is 0.231 e. The second-order valence-corrected chi connectivity index (χ2v) is 7.47. The standard InChI is InChI=1S/C22H21N5O3.ClH/c1-23-15-3-4-17-18(11-15)21(25-26-22(17)27-8-6-16(28)7-9-27)24-12-14-2-5-19-20(10-14)30-13-29-19;/h2-5,10-11,16,28H,6-9,12-13H2,(H,24,25);1H. The number of aliphatic hydroxyl groups is 1. The first-order chi connectivity index (χ1) is 14.7. The molecule has 0 saturated carbocycles. The van der Waals surface area contributed by atoms with Gasteiger partial charge >= 0.3 is 0 Å². The number of anilines is 2. The SMILES string of the molecule is Cl.[C-]#[N+]c1ccc2c(N3CCC(O)CC3)nnc(NCc3ccc4c(c3)OCO4)c2c1. The molecule has 0 aliphatic carbocycles. The summed E-state index contributed by atoms with van der Waals surface area (Å²) >= 11 is 0. The van der Waals surface area contributed by atoms with Crippen molar-refractivity contribution in [3.63, 3.8) is 0 Å². The van der Waals surface area contributed by atoms with Crippen molar-refractivity contribution in [1.29, 1.82) is 0 Å². The first-order valence-electron chi connectivity index (χ1n) is 9.94. The van der Waals surface area contributed by atoms with E-state index in [0.717, 1.165) is 46.7 Å². The third-order valence-corrected chi connectivity index (χ3v) is 5.53. The zero-order chi connectivity index (χ0) is 20.5. The molecular weight excluding hydrogens is 418 g/mol. The Morgan fingerprint density at radius 2 is 1.87 bits per heavy atom. The summed E-state index contributed by atoms with van der Waals surface area (Å²) in [5, 5.41) is 23.9. The van der Waals surface area contributed by atoms with Gasteiger partial charge in [-0.2, -0.15) is 0 Å². The van der Waals surface area contributed by atoms with Gasteiger partial charge in [0.05, 0.1) is 12.7 Å². The Labute approximate surface area is 186 Å². The van der Waals surface area contributed by atoms with Crippen molar-refractivity contribution in [1.82, 2.24) is 10.2 Å². The number of nitrogens with one attached hydrogen (secondary N) is 1. The highest BCUT2D eigenvalue weighted by molar-refractivity contribution is 6.00. The van der Waals surface area contributed by atoms with Crippen LogP contribution >= 0.6 is 12.4 Å². The number of rotatable bonds is 4. The first kappa shape index (κ1) is 21.0. The summed E-state index contributed by atoms with van der Waals surface area (Å²) in [6.45, 7) is 9.63. The lowest BCUT2D eigenvalue weighted by Crippen LogP contribution is -2.36. The van der Waals surface area contributed by atoms with E-state index in [2.05, 4.69) is 25.3 Å². The van der Waals surface area contributed by atoms with Crippen LogP contribution in [0.1, 0.15) is 18.4 Å². The van der Waals surface area contributed by atoms with Crippen molar-refractivity contribution in [2.24, 2.45) is 0 Å². The molecule has 31 heavy (non-hydrogen) atoms. The molecule has 9 heteroatoms. The lowest BCUT2D eigenvalue weighted by atomic mass is 10.1. The van der Waals surface area contributed by atoms with Crippen LogP contribution < -0.4 is 19.7 Å². The number of aliphatic hydroxyl groups excluding tert-OH is 1. The van der Waals surface area contributed by atoms with Gasteiger partial charge < -0.3 is 24.8 Å². The van der Waals surface area contributed by atoms with Gasteiger partial charge in [0.15, 0.2) is 28.8 Å². The number of ether oxygens (including phenoxy) is 2. The summed E-state index contributed by atoms with van der Waals surface area (Å²) in [7, 11) is 0. The minimum atomic E-state index is -0.253. The number of aromatic nitrogens is 2. The molecule has 0 amide bonds. The molecule has 1 saturated heterocycles. The molecule has 8 nitrogen and oxygen atoms in total. The van der Waals surface area contributed by atoms with E-state index in [-0.39, 0.29) is 25.3 Å². The number of nitrogens with zero attached hydrogens (tertiary/aromatic N) is 4. The number of halogens is 1. The second kappa shape index (κ2) is 8.84. The monoisotopic (exact) mass is 439 g/mol. The average molecular weight is 440 g/mol. The molecule has 2 N–H and O–H groups in total.